The van der Waals surface area contributed by atoms with Crippen LogP contribution in [0.2, 0.25) is 0 Å². The van der Waals surface area contributed by atoms with Crippen LogP contribution >= 0.6 is 0 Å². The number of piperidine rings is 1. The predicted molar refractivity (Wildman–Crippen MR) is 59.8 cm³/mol. The van der Waals surface area contributed by atoms with Gasteiger partial charge in [0.05, 0.1) is 6.61 Å². The quantitative estimate of drug-likeness (QED) is 0.682. The van der Waals surface area contributed by atoms with Gasteiger partial charge in [-0.1, -0.05) is 0 Å². The number of rotatable bonds is 5. The number of nitrogens with zero attached hydrogens (tertiary/aromatic N) is 1. The van der Waals surface area contributed by atoms with Gasteiger partial charge in [-0.2, -0.15) is 0 Å². The minimum absolute atomic E-state index is 0.197. The van der Waals surface area contributed by atoms with Crippen molar-refractivity contribution in [1.82, 2.24) is 10.2 Å². The largest absolute Gasteiger partial charge is 0.380 e. The second kappa shape index (κ2) is 6.80. The summed E-state index contributed by atoms with van der Waals surface area (Å²) in [7, 11) is 0. The normalized spacial score (nSPS) is 18.1. The van der Waals surface area contributed by atoms with Crippen molar-refractivity contribution in [1.29, 1.82) is 0 Å². The number of hydrogen-bond donors (Lipinski definition) is 1. The minimum Gasteiger partial charge on any atom is -0.380 e. The predicted octanol–water partition coefficient (Wildman–Crippen LogP) is 0.623. The number of nitrogens with one attached hydrogen (secondary N) is 1. The highest BCUT2D eigenvalue weighted by atomic mass is 16.5. The van der Waals surface area contributed by atoms with E-state index in [1.54, 1.807) is 6.92 Å². The molecule has 1 fully saturated rings. The lowest BCUT2D eigenvalue weighted by Gasteiger charge is -2.31. The van der Waals surface area contributed by atoms with Gasteiger partial charge in [-0.25, -0.2) is 0 Å². The molecule has 1 rings (SSSR count). The zero-order valence-corrected chi connectivity index (χ0v) is 9.79. The van der Waals surface area contributed by atoms with E-state index in [1.165, 1.54) is 0 Å². The van der Waals surface area contributed by atoms with Gasteiger partial charge in [-0.15, -0.1) is 0 Å². The average Bonchev–Trinajstić information content (AvgIpc) is 2.25. The molecule has 1 N–H and O–H groups in total. The summed E-state index contributed by atoms with van der Waals surface area (Å²) in [6.07, 6.45) is 2.12. The molecule has 1 amide bonds. The summed E-state index contributed by atoms with van der Waals surface area (Å²) in [6, 6.07) is 0.557. The molecule has 4 nitrogen and oxygen atoms in total. The van der Waals surface area contributed by atoms with Gasteiger partial charge in [0.25, 0.3) is 0 Å². The summed E-state index contributed by atoms with van der Waals surface area (Å²) in [5.41, 5.74) is 0. The van der Waals surface area contributed by atoms with Crippen LogP contribution < -0.4 is 5.32 Å². The first-order chi connectivity index (χ1) is 7.24. The van der Waals surface area contributed by atoms with Gasteiger partial charge in [0, 0.05) is 39.2 Å². The number of amides is 1. The van der Waals surface area contributed by atoms with E-state index < -0.39 is 0 Å². The van der Waals surface area contributed by atoms with Gasteiger partial charge < -0.3 is 15.0 Å². The van der Waals surface area contributed by atoms with Gasteiger partial charge in [0.2, 0.25) is 5.91 Å². The van der Waals surface area contributed by atoms with Crippen LogP contribution in [0.3, 0.4) is 0 Å². The molecular formula is C11H22N2O2. The van der Waals surface area contributed by atoms with Crippen molar-refractivity contribution < 1.29 is 9.53 Å². The van der Waals surface area contributed by atoms with E-state index in [0.717, 1.165) is 45.7 Å². The molecule has 0 spiro atoms. The van der Waals surface area contributed by atoms with E-state index in [2.05, 4.69) is 5.32 Å². The van der Waals surface area contributed by atoms with Crippen LogP contribution in [-0.2, 0) is 9.53 Å². The number of ether oxygens (including phenoxy) is 1. The third kappa shape index (κ3) is 4.62. The summed E-state index contributed by atoms with van der Waals surface area (Å²) in [5, 5.41) is 3.45. The van der Waals surface area contributed by atoms with Gasteiger partial charge in [0.1, 0.15) is 0 Å². The maximum Gasteiger partial charge on any atom is 0.219 e. The average molecular weight is 214 g/mol. The summed E-state index contributed by atoms with van der Waals surface area (Å²) < 4.78 is 5.26. The Morgan fingerprint density at radius 2 is 2.13 bits per heavy atom. The Morgan fingerprint density at radius 3 is 2.67 bits per heavy atom. The summed E-state index contributed by atoms with van der Waals surface area (Å²) >= 11 is 0. The highest BCUT2D eigenvalue weighted by Gasteiger charge is 2.19. The van der Waals surface area contributed by atoms with E-state index in [-0.39, 0.29) is 5.91 Å². The van der Waals surface area contributed by atoms with Crippen molar-refractivity contribution in [3.63, 3.8) is 0 Å². The summed E-state index contributed by atoms with van der Waals surface area (Å²) in [6.45, 7) is 7.91. The Hall–Kier alpha value is -0.610. The Bertz CT molecular complexity index is 189. The molecule has 0 unspecified atom stereocenters. The first-order valence-electron chi connectivity index (χ1n) is 5.80. The first-order valence-corrected chi connectivity index (χ1v) is 5.80. The van der Waals surface area contributed by atoms with Gasteiger partial charge in [0.15, 0.2) is 0 Å². The van der Waals surface area contributed by atoms with Gasteiger partial charge >= 0.3 is 0 Å². The molecule has 0 aromatic heterocycles. The maximum atomic E-state index is 11.1. The van der Waals surface area contributed by atoms with Crippen LogP contribution in [-0.4, -0.2) is 49.7 Å². The van der Waals surface area contributed by atoms with Crippen LogP contribution in [0.4, 0.5) is 0 Å². The number of likely N-dealkylation sites (tertiary alicyclic amines) is 1. The third-order valence-corrected chi connectivity index (χ3v) is 2.82. The molecule has 0 saturated carbocycles. The van der Waals surface area contributed by atoms with Crippen LogP contribution in [0, 0.1) is 0 Å². The Kier molecular flexibility index (Phi) is 5.65. The highest BCUT2D eigenvalue weighted by molar-refractivity contribution is 5.73. The molecule has 1 aliphatic rings. The number of carbonyl (C=O) groups excluding carboxylic acids is 1. The monoisotopic (exact) mass is 214 g/mol. The molecule has 1 aliphatic heterocycles. The zero-order chi connectivity index (χ0) is 11.1. The minimum atomic E-state index is 0.197. The molecular weight excluding hydrogens is 192 g/mol. The third-order valence-electron chi connectivity index (χ3n) is 2.82. The summed E-state index contributed by atoms with van der Waals surface area (Å²) in [5.74, 6) is 0.197. The maximum absolute atomic E-state index is 11.1. The lowest BCUT2D eigenvalue weighted by molar-refractivity contribution is -0.129. The van der Waals surface area contributed by atoms with Crippen molar-refractivity contribution in [3.05, 3.63) is 0 Å². The lowest BCUT2D eigenvalue weighted by Crippen LogP contribution is -2.44. The van der Waals surface area contributed by atoms with Crippen molar-refractivity contribution >= 4 is 5.91 Å². The second-order valence-electron chi connectivity index (χ2n) is 3.93. The van der Waals surface area contributed by atoms with E-state index in [9.17, 15) is 4.79 Å². The SMILES string of the molecule is CCOCCNC1CCN(C(C)=O)CC1. The molecule has 4 heteroatoms. The van der Waals surface area contributed by atoms with Crippen molar-refractivity contribution in [2.75, 3.05) is 32.8 Å². The summed E-state index contributed by atoms with van der Waals surface area (Å²) in [4.78, 5) is 13.0. The number of hydrogen-bond acceptors (Lipinski definition) is 3. The molecule has 0 bridgehead atoms. The highest BCUT2D eigenvalue weighted by Crippen LogP contribution is 2.09. The Labute approximate surface area is 92.0 Å². The van der Waals surface area contributed by atoms with Gasteiger partial charge in [-0.3, -0.25) is 4.79 Å². The van der Waals surface area contributed by atoms with Gasteiger partial charge in [-0.05, 0) is 19.8 Å². The van der Waals surface area contributed by atoms with Crippen LogP contribution in [0.5, 0.6) is 0 Å². The fourth-order valence-electron chi connectivity index (χ4n) is 1.88. The first kappa shape index (κ1) is 12.5. The zero-order valence-electron chi connectivity index (χ0n) is 9.79. The van der Waals surface area contributed by atoms with E-state index >= 15 is 0 Å². The van der Waals surface area contributed by atoms with E-state index in [1.807, 2.05) is 11.8 Å². The smallest absolute Gasteiger partial charge is 0.219 e. The molecule has 1 saturated heterocycles. The van der Waals surface area contributed by atoms with Crippen LogP contribution in [0.1, 0.15) is 26.7 Å². The molecule has 0 atom stereocenters. The molecule has 0 aliphatic carbocycles. The van der Waals surface area contributed by atoms with Crippen LogP contribution in [0.15, 0.2) is 0 Å². The molecule has 88 valence electrons. The van der Waals surface area contributed by atoms with Crippen molar-refractivity contribution in [2.24, 2.45) is 0 Å². The number of carbonyl (C=O) groups is 1. The molecule has 1 heterocycles. The molecule has 0 radical (unpaired) electrons. The fraction of sp³-hybridized carbons (Fsp3) is 0.909. The Morgan fingerprint density at radius 1 is 1.47 bits per heavy atom. The standard InChI is InChI=1S/C11H22N2O2/c1-3-15-9-6-12-11-4-7-13(8-5-11)10(2)14/h11-12H,3-9H2,1-2H3. The van der Waals surface area contributed by atoms with Crippen LogP contribution in [0.25, 0.3) is 0 Å². The molecule has 15 heavy (non-hydrogen) atoms. The second-order valence-corrected chi connectivity index (χ2v) is 3.93. The Balaban J connectivity index is 2.07. The van der Waals surface area contributed by atoms with Crippen molar-refractivity contribution in [3.8, 4) is 0 Å². The topological polar surface area (TPSA) is 41.6 Å². The fourth-order valence-corrected chi connectivity index (χ4v) is 1.88. The van der Waals surface area contributed by atoms with E-state index in [4.69, 9.17) is 4.74 Å². The molecule has 0 aromatic carbocycles. The van der Waals surface area contributed by atoms with E-state index in [0.29, 0.717) is 6.04 Å². The lowest BCUT2D eigenvalue weighted by atomic mass is 10.1. The molecule has 0 aromatic rings. The van der Waals surface area contributed by atoms with Crippen molar-refractivity contribution in [2.45, 2.75) is 32.7 Å².